The molecule has 0 aliphatic rings. The molecule has 1 amide bonds. The van der Waals surface area contributed by atoms with Crippen LogP contribution in [0.1, 0.15) is 31.9 Å². The first kappa shape index (κ1) is 20.1. The number of hydrogen-bond donors (Lipinski definition) is 2. The van der Waals surface area contributed by atoms with Crippen LogP contribution in [0.25, 0.3) is 0 Å². The van der Waals surface area contributed by atoms with Crippen molar-refractivity contribution in [2.24, 2.45) is 0 Å². The number of amides is 1. The summed E-state index contributed by atoms with van der Waals surface area (Å²) in [6, 6.07) is 8.33. The van der Waals surface area contributed by atoms with Gasteiger partial charge in [0.05, 0.1) is 11.3 Å². The molecule has 4 nitrogen and oxygen atoms in total. The molecule has 0 fully saturated rings. The largest absolute Gasteiger partial charge is 0.417 e. The Morgan fingerprint density at radius 3 is 2.27 bits per heavy atom. The van der Waals surface area contributed by atoms with Gasteiger partial charge in [-0.2, -0.15) is 13.2 Å². The van der Waals surface area contributed by atoms with E-state index in [4.69, 9.17) is 0 Å². The lowest BCUT2D eigenvalue weighted by molar-refractivity contribution is -0.137. The van der Waals surface area contributed by atoms with Gasteiger partial charge in [0.25, 0.3) is 5.56 Å². The smallest absolute Gasteiger partial charge is 0.327 e. The highest BCUT2D eigenvalue weighted by atomic mass is 32.2. The molecule has 0 aliphatic heterocycles. The van der Waals surface area contributed by atoms with Crippen LogP contribution in [-0.2, 0) is 16.4 Å². The first-order valence-electron chi connectivity index (χ1n) is 7.80. The topological polar surface area (TPSA) is 62.0 Å². The van der Waals surface area contributed by atoms with Crippen LogP contribution in [0.4, 0.5) is 18.9 Å². The number of thioether (sulfide) groups is 1. The monoisotopic (exact) mass is 384 g/mol. The van der Waals surface area contributed by atoms with Crippen molar-refractivity contribution < 1.29 is 18.0 Å². The Morgan fingerprint density at radius 1 is 1.12 bits per heavy atom. The van der Waals surface area contributed by atoms with E-state index < -0.39 is 28.9 Å². The van der Waals surface area contributed by atoms with E-state index in [1.165, 1.54) is 11.8 Å². The lowest BCUT2D eigenvalue weighted by atomic mass is 9.87. The van der Waals surface area contributed by atoms with Crippen LogP contribution in [0.2, 0.25) is 0 Å². The van der Waals surface area contributed by atoms with Gasteiger partial charge in [-0.05, 0) is 29.2 Å². The molecule has 1 aromatic heterocycles. The molecular formula is C18H19F3N2O2S. The Morgan fingerprint density at radius 2 is 1.73 bits per heavy atom. The van der Waals surface area contributed by atoms with Crippen LogP contribution in [-0.4, -0.2) is 16.6 Å². The van der Waals surface area contributed by atoms with Crippen molar-refractivity contribution >= 4 is 23.4 Å². The summed E-state index contributed by atoms with van der Waals surface area (Å²) >= 11 is 1.24. The van der Waals surface area contributed by atoms with Crippen LogP contribution < -0.4 is 10.9 Å². The van der Waals surface area contributed by atoms with Crippen molar-refractivity contribution in [3.05, 3.63) is 58.0 Å². The van der Waals surface area contributed by atoms with E-state index >= 15 is 0 Å². The molecule has 1 heterocycles. The third kappa shape index (κ3) is 5.39. The molecule has 2 N–H and O–H groups in total. The number of rotatable bonds is 4. The summed E-state index contributed by atoms with van der Waals surface area (Å²) in [5.41, 5.74) is -1.07. The van der Waals surface area contributed by atoms with Crippen LogP contribution in [0.5, 0.6) is 0 Å². The van der Waals surface area contributed by atoms with Crippen LogP contribution in [0, 0.1) is 0 Å². The SMILES string of the molecule is CC(C)(C)c1ccc(SCC(=O)Nc2cc(C(F)(F)F)c[nH]c2=O)cc1. The molecule has 2 rings (SSSR count). The highest BCUT2D eigenvalue weighted by Gasteiger charge is 2.31. The number of nitrogens with one attached hydrogen (secondary N) is 2. The first-order chi connectivity index (χ1) is 12.0. The number of anilines is 1. The number of alkyl halides is 3. The second-order valence-corrected chi connectivity index (χ2v) is 7.79. The van der Waals surface area contributed by atoms with Gasteiger partial charge in [-0.3, -0.25) is 9.59 Å². The van der Waals surface area contributed by atoms with Gasteiger partial charge in [0.15, 0.2) is 0 Å². The summed E-state index contributed by atoms with van der Waals surface area (Å²) in [5.74, 6) is -0.579. The van der Waals surface area contributed by atoms with Crippen molar-refractivity contribution in [3.8, 4) is 0 Å². The summed E-state index contributed by atoms with van der Waals surface area (Å²) in [4.78, 5) is 26.4. The van der Waals surface area contributed by atoms with Crippen LogP contribution in [0.3, 0.4) is 0 Å². The number of H-pyrrole nitrogens is 1. The molecule has 0 radical (unpaired) electrons. The van der Waals surface area contributed by atoms with E-state index in [9.17, 15) is 22.8 Å². The van der Waals surface area contributed by atoms with Gasteiger partial charge in [0.2, 0.25) is 5.91 Å². The fourth-order valence-electron chi connectivity index (χ4n) is 2.13. The number of aromatic amines is 1. The average molecular weight is 384 g/mol. The minimum Gasteiger partial charge on any atom is -0.327 e. The van der Waals surface area contributed by atoms with Crippen molar-refractivity contribution in [2.75, 3.05) is 11.1 Å². The number of benzene rings is 1. The third-order valence-corrected chi connectivity index (χ3v) is 4.61. The maximum Gasteiger partial charge on any atom is 0.417 e. The Balaban J connectivity index is 2.00. The number of pyridine rings is 1. The zero-order valence-electron chi connectivity index (χ0n) is 14.5. The summed E-state index contributed by atoms with van der Waals surface area (Å²) in [5, 5.41) is 2.23. The van der Waals surface area contributed by atoms with Crippen LogP contribution >= 0.6 is 11.8 Å². The van der Waals surface area contributed by atoms with Gasteiger partial charge in [0, 0.05) is 11.1 Å². The minimum absolute atomic E-state index is 0.0189. The number of carbonyl (C=O) groups excluding carboxylic acids is 1. The zero-order valence-corrected chi connectivity index (χ0v) is 15.3. The van der Waals surface area contributed by atoms with Gasteiger partial charge in [-0.15, -0.1) is 11.8 Å². The summed E-state index contributed by atoms with van der Waals surface area (Å²) < 4.78 is 38.1. The normalized spacial score (nSPS) is 12.1. The molecule has 26 heavy (non-hydrogen) atoms. The van der Waals surface area contributed by atoms with Gasteiger partial charge in [-0.25, -0.2) is 0 Å². The molecule has 0 saturated carbocycles. The fourth-order valence-corrected chi connectivity index (χ4v) is 2.83. The minimum atomic E-state index is -4.60. The van der Waals surface area contributed by atoms with Gasteiger partial charge in [0.1, 0.15) is 5.69 Å². The highest BCUT2D eigenvalue weighted by Crippen LogP contribution is 2.29. The van der Waals surface area contributed by atoms with Crippen molar-refractivity contribution in [1.82, 2.24) is 4.98 Å². The average Bonchev–Trinajstić information content (AvgIpc) is 2.53. The van der Waals surface area contributed by atoms with Crippen LogP contribution in [0.15, 0.2) is 46.2 Å². The number of hydrogen-bond acceptors (Lipinski definition) is 3. The Labute approximate surface area is 153 Å². The molecule has 0 atom stereocenters. The van der Waals surface area contributed by atoms with E-state index in [-0.39, 0.29) is 11.2 Å². The number of aromatic nitrogens is 1. The van der Waals surface area contributed by atoms with Gasteiger partial charge >= 0.3 is 6.18 Å². The maximum atomic E-state index is 12.7. The fraction of sp³-hybridized carbons (Fsp3) is 0.333. The molecule has 1 aromatic carbocycles. The Bertz CT molecular complexity index is 837. The van der Waals surface area contributed by atoms with E-state index in [0.717, 1.165) is 10.5 Å². The molecular weight excluding hydrogens is 365 g/mol. The number of carbonyl (C=O) groups is 1. The molecule has 0 aliphatic carbocycles. The van der Waals surface area contributed by atoms with Crippen molar-refractivity contribution in [1.29, 1.82) is 0 Å². The second kappa shape index (κ2) is 7.57. The standard InChI is InChI=1S/C18H19F3N2O2S/c1-17(2,3)11-4-6-13(7-5-11)26-10-15(24)23-14-8-12(18(19,20)21)9-22-16(14)25/h4-9H,10H2,1-3H3,(H,22,25)(H,23,24). The zero-order chi connectivity index (χ0) is 19.5. The summed E-state index contributed by atoms with van der Waals surface area (Å²) in [7, 11) is 0. The van der Waals surface area contributed by atoms with E-state index in [0.29, 0.717) is 12.3 Å². The van der Waals surface area contributed by atoms with Crippen molar-refractivity contribution in [2.45, 2.75) is 37.3 Å². The Kier molecular flexibility index (Phi) is 5.85. The molecule has 2 aromatic rings. The van der Waals surface area contributed by atoms with Gasteiger partial charge in [-0.1, -0.05) is 32.9 Å². The second-order valence-electron chi connectivity index (χ2n) is 6.74. The molecule has 0 saturated heterocycles. The van der Waals surface area contributed by atoms with E-state index in [1.54, 1.807) is 0 Å². The summed E-state index contributed by atoms with van der Waals surface area (Å²) in [6.45, 7) is 6.28. The quantitative estimate of drug-likeness (QED) is 0.767. The molecule has 140 valence electrons. The Hall–Kier alpha value is -2.22. The maximum absolute atomic E-state index is 12.7. The predicted molar refractivity (Wildman–Crippen MR) is 96.6 cm³/mol. The third-order valence-electron chi connectivity index (χ3n) is 3.59. The molecule has 0 spiro atoms. The predicted octanol–water partition coefficient (Wildman–Crippen LogP) is 4.42. The van der Waals surface area contributed by atoms with Gasteiger partial charge < -0.3 is 10.3 Å². The van der Waals surface area contributed by atoms with E-state index in [2.05, 4.69) is 26.1 Å². The first-order valence-corrected chi connectivity index (χ1v) is 8.78. The number of halogens is 3. The molecule has 8 heteroatoms. The molecule has 0 unspecified atom stereocenters. The highest BCUT2D eigenvalue weighted by molar-refractivity contribution is 8.00. The van der Waals surface area contributed by atoms with Crippen molar-refractivity contribution in [3.63, 3.8) is 0 Å². The molecule has 0 bridgehead atoms. The lowest BCUT2D eigenvalue weighted by Crippen LogP contribution is -2.22. The summed E-state index contributed by atoms with van der Waals surface area (Å²) in [6.07, 6.45) is -4.03. The lowest BCUT2D eigenvalue weighted by Gasteiger charge is -2.19. The van der Waals surface area contributed by atoms with E-state index in [1.807, 2.05) is 29.2 Å².